The van der Waals surface area contributed by atoms with Gasteiger partial charge in [0.15, 0.2) is 16.6 Å². The second-order valence-corrected chi connectivity index (χ2v) is 9.06. The molecule has 1 saturated heterocycles. The van der Waals surface area contributed by atoms with E-state index in [0.717, 1.165) is 25.3 Å². The molecule has 0 unspecified atom stereocenters. The van der Waals surface area contributed by atoms with E-state index in [4.69, 9.17) is 9.47 Å². The number of carbonyl (C=O) groups is 1. The molecule has 4 rings (SSSR count). The Morgan fingerprint density at radius 2 is 2.03 bits per heavy atom. The van der Waals surface area contributed by atoms with Crippen molar-refractivity contribution in [1.82, 2.24) is 14.9 Å². The largest absolute Gasteiger partial charge is 0.493 e. The maximum atomic E-state index is 12.9. The van der Waals surface area contributed by atoms with Crippen LogP contribution >= 0.6 is 22.7 Å². The number of benzene rings is 1. The number of hydrogen-bond acceptors (Lipinski definition) is 10. The number of carbonyl (C=O) groups excluding carboxylic acids is 1. The van der Waals surface area contributed by atoms with Crippen molar-refractivity contribution in [2.24, 2.45) is 0 Å². The van der Waals surface area contributed by atoms with E-state index in [2.05, 4.69) is 20.2 Å². The molecule has 33 heavy (non-hydrogen) atoms. The zero-order valence-corrected chi connectivity index (χ0v) is 19.6. The van der Waals surface area contributed by atoms with Crippen LogP contribution in [0, 0.1) is 10.1 Å². The van der Waals surface area contributed by atoms with Crippen LogP contribution in [0.15, 0.2) is 28.4 Å². The van der Waals surface area contributed by atoms with Crippen molar-refractivity contribution < 1.29 is 19.2 Å². The maximum absolute atomic E-state index is 12.9. The average molecular weight is 490 g/mol. The van der Waals surface area contributed by atoms with Gasteiger partial charge in [-0.1, -0.05) is 6.42 Å². The van der Waals surface area contributed by atoms with E-state index in [1.54, 1.807) is 5.51 Å². The molecule has 0 bridgehead atoms. The summed E-state index contributed by atoms with van der Waals surface area (Å²) >= 11 is 2.71. The molecule has 1 fully saturated rings. The van der Waals surface area contributed by atoms with Crippen LogP contribution in [0.25, 0.3) is 0 Å². The molecule has 0 spiro atoms. The molecule has 3 heterocycles. The number of nitro groups is 1. The third kappa shape index (κ3) is 5.83. The second-order valence-electron chi connectivity index (χ2n) is 7.48. The molecule has 1 aliphatic heterocycles. The van der Waals surface area contributed by atoms with Crippen molar-refractivity contribution in [2.45, 2.75) is 32.4 Å². The van der Waals surface area contributed by atoms with Gasteiger partial charge in [0.1, 0.15) is 12.2 Å². The molecule has 174 valence electrons. The maximum Gasteiger partial charge on any atom is 0.286 e. The lowest BCUT2D eigenvalue weighted by Crippen LogP contribution is -2.29. The van der Waals surface area contributed by atoms with E-state index >= 15 is 0 Å². The highest BCUT2D eigenvalue weighted by Crippen LogP contribution is 2.36. The molecule has 0 aliphatic carbocycles. The van der Waals surface area contributed by atoms with Crippen LogP contribution in [-0.4, -0.2) is 45.9 Å². The van der Waals surface area contributed by atoms with Gasteiger partial charge in [-0.05, 0) is 25.9 Å². The number of piperidine rings is 1. The summed E-state index contributed by atoms with van der Waals surface area (Å²) in [6.45, 7) is 2.94. The number of likely N-dealkylation sites (tertiary alicyclic amines) is 1. The minimum absolute atomic E-state index is 0.126. The molecular weight excluding hydrogens is 466 g/mol. The summed E-state index contributed by atoms with van der Waals surface area (Å²) < 4.78 is 11.0. The first-order valence-electron chi connectivity index (χ1n) is 10.4. The number of nitrogens with one attached hydrogen (secondary N) is 1. The van der Waals surface area contributed by atoms with Crippen LogP contribution in [0.3, 0.4) is 0 Å². The minimum Gasteiger partial charge on any atom is -0.493 e. The molecule has 1 aromatic carbocycles. The lowest BCUT2D eigenvalue weighted by atomic mass is 10.1. The van der Waals surface area contributed by atoms with E-state index in [9.17, 15) is 14.9 Å². The smallest absolute Gasteiger partial charge is 0.286 e. The van der Waals surface area contributed by atoms with Crippen LogP contribution < -0.4 is 14.8 Å². The first kappa shape index (κ1) is 23.1. The Balaban J connectivity index is 1.49. The van der Waals surface area contributed by atoms with E-state index in [0.29, 0.717) is 10.8 Å². The van der Waals surface area contributed by atoms with Gasteiger partial charge in [-0.3, -0.25) is 25.1 Å². The molecule has 3 aromatic rings. The number of aromatic nitrogens is 2. The van der Waals surface area contributed by atoms with Crippen LogP contribution in [0.5, 0.6) is 11.5 Å². The Kier molecular flexibility index (Phi) is 7.47. The van der Waals surface area contributed by atoms with Gasteiger partial charge in [-0.15, -0.1) is 22.7 Å². The molecule has 1 aliphatic rings. The van der Waals surface area contributed by atoms with Crippen molar-refractivity contribution in [3.8, 4) is 11.5 Å². The van der Waals surface area contributed by atoms with Crippen molar-refractivity contribution in [2.75, 3.05) is 25.5 Å². The molecule has 10 nitrogen and oxygen atoms in total. The Morgan fingerprint density at radius 1 is 1.21 bits per heavy atom. The average Bonchev–Trinajstić information content (AvgIpc) is 3.50. The lowest BCUT2D eigenvalue weighted by Gasteiger charge is -2.25. The summed E-state index contributed by atoms with van der Waals surface area (Å²) in [6, 6.07) is 2.51. The summed E-state index contributed by atoms with van der Waals surface area (Å²) in [5, 5.41) is 18.5. The van der Waals surface area contributed by atoms with Gasteiger partial charge in [0.2, 0.25) is 0 Å². The highest BCUT2D eigenvalue weighted by atomic mass is 32.1. The van der Waals surface area contributed by atoms with E-state index in [-0.39, 0.29) is 29.4 Å². The number of ether oxygens (including phenoxy) is 2. The number of rotatable bonds is 9. The number of amides is 1. The molecule has 2 aromatic heterocycles. The van der Waals surface area contributed by atoms with Gasteiger partial charge in [0.25, 0.3) is 11.6 Å². The fourth-order valence-corrected chi connectivity index (χ4v) is 4.80. The van der Waals surface area contributed by atoms with Gasteiger partial charge in [0.05, 0.1) is 35.0 Å². The Morgan fingerprint density at radius 3 is 2.73 bits per heavy atom. The van der Waals surface area contributed by atoms with Crippen LogP contribution in [-0.2, 0) is 13.2 Å². The third-order valence-corrected chi connectivity index (χ3v) is 6.63. The molecule has 1 N–H and O–H groups in total. The van der Waals surface area contributed by atoms with Crippen LogP contribution in [0.4, 0.5) is 10.8 Å². The number of thiazole rings is 2. The summed E-state index contributed by atoms with van der Waals surface area (Å²) in [5.41, 5.74) is 2.71. The lowest BCUT2D eigenvalue weighted by molar-refractivity contribution is -0.385. The zero-order valence-electron chi connectivity index (χ0n) is 18.0. The van der Waals surface area contributed by atoms with E-state index in [1.165, 1.54) is 61.2 Å². The van der Waals surface area contributed by atoms with Crippen molar-refractivity contribution in [3.63, 3.8) is 0 Å². The Hall–Kier alpha value is -3.09. The molecule has 12 heteroatoms. The fourth-order valence-electron chi connectivity index (χ4n) is 3.56. The van der Waals surface area contributed by atoms with Gasteiger partial charge in [-0.25, -0.2) is 9.97 Å². The number of nitro benzene ring substituents is 1. The Labute approximate surface area is 198 Å². The quantitative estimate of drug-likeness (QED) is 0.348. The summed E-state index contributed by atoms with van der Waals surface area (Å²) in [6.07, 6.45) is 3.62. The summed E-state index contributed by atoms with van der Waals surface area (Å²) in [7, 11) is 1.41. The monoisotopic (exact) mass is 489 g/mol. The molecule has 0 radical (unpaired) electrons. The normalized spacial score (nSPS) is 14.1. The van der Waals surface area contributed by atoms with E-state index < -0.39 is 10.8 Å². The third-order valence-electron chi connectivity index (χ3n) is 5.19. The van der Waals surface area contributed by atoms with Crippen molar-refractivity contribution >= 4 is 39.4 Å². The van der Waals surface area contributed by atoms with Crippen molar-refractivity contribution in [3.05, 3.63) is 55.5 Å². The second kappa shape index (κ2) is 10.7. The molecule has 0 saturated carbocycles. The first-order chi connectivity index (χ1) is 16.0. The highest BCUT2D eigenvalue weighted by molar-refractivity contribution is 7.14. The predicted molar refractivity (Wildman–Crippen MR) is 125 cm³/mol. The predicted octanol–water partition coefficient (Wildman–Crippen LogP) is 4.33. The highest BCUT2D eigenvalue weighted by Gasteiger charge is 2.26. The number of hydrogen-bond donors (Lipinski definition) is 1. The zero-order chi connectivity index (χ0) is 23.2. The van der Waals surface area contributed by atoms with Gasteiger partial charge in [0, 0.05) is 23.4 Å². The van der Waals surface area contributed by atoms with Crippen LogP contribution in [0.1, 0.15) is 41.0 Å². The van der Waals surface area contributed by atoms with Crippen molar-refractivity contribution in [1.29, 1.82) is 0 Å². The number of methoxy groups -OCH3 is 1. The fraction of sp³-hybridized carbons (Fsp3) is 0.381. The summed E-state index contributed by atoms with van der Waals surface area (Å²) in [5.74, 6) is -0.261. The topological polar surface area (TPSA) is 120 Å². The van der Waals surface area contributed by atoms with Crippen LogP contribution in [0.2, 0.25) is 0 Å². The minimum atomic E-state index is -0.634. The standard InChI is InChI=1S/C21H23N5O5S2/c1-30-18-7-16(17(26(28)29)8-19(18)31-10-15-11-32-13-22-15)20(27)24-21-23-14(12-33-21)9-25-5-3-2-4-6-25/h7-8,11-13H,2-6,9-10H2,1H3,(H,23,24,27). The molecule has 0 atom stereocenters. The Bertz CT molecular complexity index is 1110. The summed E-state index contributed by atoms with van der Waals surface area (Å²) in [4.78, 5) is 34.9. The van der Waals surface area contributed by atoms with Gasteiger partial charge >= 0.3 is 0 Å². The van der Waals surface area contributed by atoms with E-state index in [1.807, 2.05) is 10.8 Å². The first-order valence-corrected chi connectivity index (χ1v) is 12.2. The van der Waals surface area contributed by atoms with Gasteiger partial charge in [-0.2, -0.15) is 0 Å². The molecular formula is C21H23N5O5S2. The number of anilines is 1. The SMILES string of the molecule is COc1cc(C(=O)Nc2nc(CN3CCCCC3)cs2)c([N+](=O)[O-])cc1OCc1cscn1. The molecule has 1 amide bonds. The number of nitrogens with zero attached hydrogens (tertiary/aromatic N) is 4. The van der Waals surface area contributed by atoms with Gasteiger partial charge < -0.3 is 9.47 Å².